The van der Waals surface area contributed by atoms with E-state index in [1.54, 1.807) is 6.07 Å². The summed E-state index contributed by atoms with van der Waals surface area (Å²) in [5.74, 6) is -0.874. The van der Waals surface area contributed by atoms with E-state index in [1.807, 2.05) is 0 Å². The van der Waals surface area contributed by atoms with Gasteiger partial charge in [-0.25, -0.2) is 27.1 Å². The van der Waals surface area contributed by atoms with Crippen LogP contribution >= 0.6 is 0 Å². The highest BCUT2D eigenvalue weighted by Gasteiger charge is 2.13. The van der Waals surface area contributed by atoms with E-state index in [0.29, 0.717) is 0 Å². The number of rotatable bonds is 6. The molecule has 2 aromatic carbocycles. The van der Waals surface area contributed by atoms with Crippen molar-refractivity contribution in [3.63, 3.8) is 0 Å². The van der Waals surface area contributed by atoms with Crippen LogP contribution in [0.2, 0.25) is 0 Å². The molecule has 29 heavy (non-hydrogen) atoms. The van der Waals surface area contributed by atoms with E-state index in [2.05, 4.69) is 20.5 Å². The van der Waals surface area contributed by atoms with E-state index < -0.39 is 37.7 Å². The summed E-state index contributed by atoms with van der Waals surface area (Å²) in [6, 6.07) is 7.60. The molecule has 0 amide bonds. The highest BCUT2D eigenvalue weighted by molar-refractivity contribution is 7.89. The topological polar surface area (TPSA) is 234 Å². The van der Waals surface area contributed by atoms with Crippen LogP contribution in [-0.2, 0) is 20.0 Å². The average molecular weight is 439 g/mol. The maximum absolute atomic E-state index is 11.3. The van der Waals surface area contributed by atoms with Crippen molar-refractivity contribution < 1.29 is 27.0 Å². The second-order valence-corrected chi connectivity index (χ2v) is 8.45. The van der Waals surface area contributed by atoms with Gasteiger partial charge in [0.2, 0.25) is 20.0 Å². The van der Waals surface area contributed by atoms with Crippen LogP contribution in [0.5, 0.6) is 11.5 Å². The van der Waals surface area contributed by atoms with Crippen molar-refractivity contribution in [2.45, 2.75) is 16.0 Å². The Labute approximate surface area is 164 Å². The molecule has 0 radical (unpaired) electrons. The SMILES string of the molecule is N#CC(N=Nc1cc(S(N)(=O)=O)ccc1O)N=Nc1cc(S(N)(=O)=O)ccc1O. The summed E-state index contributed by atoms with van der Waals surface area (Å²) in [4.78, 5) is -0.687. The van der Waals surface area contributed by atoms with Crippen LogP contribution in [0.4, 0.5) is 11.4 Å². The summed E-state index contributed by atoms with van der Waals surface area (Å²) < 4.78 is 45.4. The molecule has 2 aromatic rings. The van der Waals surface area contributed by atoms with Crippen molar-refractivity contribution in [2.24, 2.45) is 30.7 Å². The summed E-state index contributed by atoms with van der Waals surface area (Å²) >= 11 is 0. The standard InChI is InChI=1S/C14H13N7O6S2/c15-7-14(20-18-10-5-8(28(16,24)25)1-3-12(10)22)21-19-11-6-9(29(17,26)27)2-4-13(11)23/h1-6,14,22-23H,(H2,16,24,25)(H2,17,26,27). The van der Waals surface area contributed by atoms with Gasteiger partial charge in [0.1, 0.15) is 28.9 Å². The van der Waals surface area contributed by atoms with Crippen molar-refractivity contribution in [3.05, 3.63) is 36.4 Å². The molecular weight excluding hydrogens is 426 g/mol. The highest BCUT2D eigenvalue weighted by Crippen LogP contribution is 2.31. The van der Waals surface area contributed by atoms with E-state index in [9.17, 15) is 27.0 Å². The van der Waals surface area contributed by atoms with Crippen molar-refractivity contribution in [1.29, 1.82) is 5.26 Å². The number of sulfonamides is 2. The number of benzene rings is 2. The molecule has 0 fully saturated rings. The highest BCUT2D eigenvalue weighted by atomic mass is 32.2. The summed E-state index contributed by atoms with van der Waals surface area (Å²) in [5, 5.41) is 52.5. The summed E-state index contributed by atoms with van der Waals surface area (Å²) in [5.41, 5.74) is -0.600. The Morgan fingerprint density at radius 2 is 1.21 bits per heavy atom. The van der Waals surface area contributed by atoms with Gasteiger partial charge in [0.15, 0.2) is 0 Å². The third-order valence-electron chi connectivity index (χ3n) is 3.22. The zero-order valence-electron chi connectivity index (χ0n) is 14.3. The Hall–Kier alpha value is -3.45. The number of primary sulfonamides is 2. The third kappa shape index (κ3) is 5.76. The van der Waals surface area contributed by atoms with E-state index in [1.165, 1.54) is 0 Å². The Morgan fingerprint density at radius 1 is 0.828 bits per heavy atom. The smallest absolute Gasteiger partial charge is 0.266 e. The molecule has 0 atom stereocenters. The van der Waals surface area contributed by atoms with Crippen LogP contribution in [0, 0.1) is 11.3 Å². The molecule has 152 valence electrons. The van der Waals surface area contributed by atoms with E-state index in [0.717, 1.165) is 36.4 Å². The van der Waals surface area contributed by atoms with Gasteiger partial charge in [-0.15, -0.1) is 20.5 Å². The predicted octanol–water partition coefficient (Wildman–Crippen LogP) is 1.11. The zero-order valence-corrected chi connectivity index (χ0v) is 15.9. The average Bonchev–Trinajstić information content (AvgIpc) is 2.62. The molecule has 0 aliphatic carbocycles. The van der Waals surface area contributed by atoms with Crippen LogP contribution in [0.25, 0.3) is 0 Å². The van der Waals surface area contributed by atoms with Gasteiger partial charge >= 0.3 is 0 Å². The largest absolute Gasteiger partial charge is 0.506 e. The molecule has 15 heteroatoms. The van der Waals surface area contributed by atoms with Gasteiger partial charge in [0, 0.05) is 0 Å². The fourth-order valence-corrected chi connectivity index (χ4v) is 2.90. The number of nitriles is 1. The monoisotopic (exact) mass is 439 g/mol. The molecular formula is C14H13N7O6S2. The lowest BCUT2D eigenvalue weighted by molar-refractivity contribution is 0.475. The summed E-state index contributed by atoms with van der Waals surface area (Å²) in [6.45, 7) is 0. The van der Waals surface area contributed by atoms with Gasteiger partial charge in [0.25, 0.3) is 6.17 Å². The van der Waals surface area contributed by atoms with E-state index in [4.69, 9.17) is 15.5 Å². The first kappa shape index (κ1) is 21.8. The lowest BCUT2D eigenvalue weighted by atomic mass is 10.3. The molecule has 0 spiro atoms. The molecule has 2 rings (SSSR count). The van der Waals surface area contributed by atoms with Crippen LogP contribution in [0.15, 0.2) is 66.6 Å². The number of aromatic hydroxyl groups is 2. The van der Waals surface area contributed by atoms with Gasteiger partial charge < -0.3 is 10.2 Å². The molecule has 0 heterocycles. The van der Waals surface area contributed by atoms with E-state index in [-0.39, 0.29) is 21.2 Å². The van der Waals surface area contributed by atoms with Crippen LogP contribution < -0.4 is 10.3 Å². The number of phenolic OH excluding ortho intramolecular Hbond substituents is 2. The first-order chi connectivity index (χ1) is 13.4. The van der Waals surface area contributed by atoms with Gasteiger partial charge in [-0.05, 0) is 36.4 Å². The maximum atomic E-state index is 11.3. The normalized spacial score (nSPS) is 13.6. The Morgan fingerprint density at radius 3 is 1.52 bits per heavy atom. The molecule has 6 N–H and O–H groups in total. The minimum Gasteiger partial charge on any atom is -0.506 e. The van der Waals surface area contributed by atoms with Crippen molar-refractivity contribution in [1.82, 2.24) is 0 Å². The molecule has 0 aliphatic heterocycles. The zero-order chi connectivity index (χ0) is 21.8. The molecule has 0 bridgehead atoms. The number of phenols is 2. The van der Waals surface area contributed by atoms with Gasteiger partial charge in [-0.3, -0.25) is 0 Å². The summed E-state index contributed by atoms with van der Waals surface area (Å²) in [7, 11) is -8.12. The van der Waals surface area contributed by atoms with Crippen LogP contribution in [0.3, 0.4) is 0 Å². The van der Waals surface area contributed by atoms with E-state index >= 15 is 0 Å². The van der Waals surface area contributed by atoms with Crippen LogP contribution in [0.1, 0.15) is 0 Å². The second-order valence-electron chi connectivity index (χ2n) is 5.32. The lowest BCUT2D eigenvalue weighted by Crippen LogP contribution is -2.11. The van der Waals surface area contributed by atoms with Crippen molar-refractivity contribution in [3.8, 4) is 17.6 Å². The number of nitrogens with two attached hydrogens (primary N) is 2. The Bertz CT molecular complexity index is 1160. The molecule has 13 nitrogen and oxygen atoms in total. The minimum absolute atomic E-state index is 0.300. The molecule has 0 unspecified atom stereocenters. The minimum atomic E-state index is -4.06. The van der Waals surface area contributed by atoms with Gasteiger partial charge in [-0.1, -0.05) is 0 Å². The first-order valence-electron chi connectivity index (χ1n) is 7.35. The number of nitrogens with zero attached hydrogens (tertiary/aromatic N) is 5. The first-order valence-corrected chi connectivity index (χ1v) is 10.4. The van der Waals surface area contributed by atoms with Crippen molar-refractivity contribution >= 4 is 31.4 Å². The number of hydrogen-bond donors (Lipinski definition) is 4. The second kappa shape index (κ2) is 8.28. The molecule has 0 saturated heterocycles. The van der Waals surface area contributed by atoms with Crippen LogP contribution in [-0.4, -0.2) is 33.2 Å². The molecule has 0 saturated carbocycles. The molecule has 0 aliphatic rings. The van der Waals surface area contributed by atoms with Crippen molar-refractivity contribution in [2.75, 3.05) is 0 Å². The van der Waals surface area contributed by atoms with Gasteiger partial charge in [-0.2, -0.15) is 5.26 Å². The lowest BCUT2D eigenvalue weighted by Gasteiger charge is -2.03. The Kier molecular flexibility index (Phi) is 6.24. The predicted molar refractivity (Wildman–Crippen MR) is 97.4 cm³/mol. The van der Waals surface area contributed by atoms with Gasteiger partial charge in [0.05, 0.1) is 9.79 Å². The maximum Gasteiger partial charge on any atom is 0.266 e. The quantitative estimate of drug-likeness (QED) is 0.478. The Balaban J connectivity index is 2.32. The third-order valence-corrected chi connectivity index (χ3v) is 5.04. The number of azo groups is 2. The molecule has 0 aromatic heterocycles. The fourth-order valence-electron chi connectivity index (χ4n) is 1.83. The number of hydrogen-bond acceptors (Lipinski definition) is 11. The summed E-state index contributed by atoms with van der Waals surface area (Å²) in [6.07, 6.45) is -1.56. The fraction of sp³-hybridized carbons (Fsp3) is 0.0714.